The Morgan fingerprint density at radius 3 is 2.54 bits per heavy atom. The highest BCUT2D eigenvalue weighted by Gasteiger charge is 2.28. The number of nitrogens with zero attached hydrogens (tertiary/aromatic N) is 3. The van der Waals surface area contributed by atoms with Crippen molar-refractivity contribution in [3.05, 3.63) is 52.6 Å². The molecule has 0 saturated carbocycles. The first kappa shape index (κ1) is 19.8. The predicted molar refractivity (Wildman–Crippen MR) is 112 cm³/mol. The molecule has 2 aliphatic rings. The van der Waals surface area contributed by atoms with Crippen LogP contribution in [0.1, 0.15) is 30.9 Å². The fourth-order valence-corrected chi connectivity index (χ4v) is 5.75. The maximum Gasteiger partial charge on any atom is 0.244 e. The van der Waals surface area contributed by atoms with Crippen LogP contribution in [0.2, 0.25) is 0 Å². The zero-order valence-corrected chi connectivity index (χ0v) is 18.0. The lowest BCUT2D eigenvalue weighted by molar-refractivity contribution is 0.0391. The highest BCUT2D eigenvalue weighted by atomic mass is 79.9. The molecule has 0 amide bonds. The van der Waals surface area contributed by atoms with Crippen LogP contribution >= 0.6 is 15.9 Å². The summed E-state index contributed by atoms with van der Waals surface area (Å²) in [5.74, 6) is 0.776. The topological polar surface area (TPSA) is 62.7 Å². The quantitative estimate of drug-likeness (QED) is 0.689. The van der Waals surface area contributed by atoms with E-state index in [0.717, 1.165) is 41.7 Å². The first-order chi connectivity index (χ1) is 13.6. The standard InChI is InChI=1S/C20H24BrN3O3S/c21-18-7-3-2-6-17(18)19-15-23(12-13-27-19)20-9-8-16(14-22-20)28(25,26)24-10-4-1-5-11-24/h2-3,6-9,14,19H,1,4-5,10-13,15H2. The molecule has 28 heavy (non-hydrogen) atoms. The average molecular weight is 466 g/mol. The fraction of sp³-hybridized carbons (Fsp3) is 0.450. The van der Waals surface area contributed by atoms with Gasteiger partial charge in [0.25, 0.3) is 0 Å². The van der Waals surface area contributed by atoms with Crippen LogP contribution in [0.3, 0.4) is 0 Å². The number of anilines is 1. The third kappa shape index (κ3) is 4.10. The van der Waals surface area contributed by atoms with E-state index in [1.807, 2.05) is 18.2 Å². The van der Waals surface area contributed by atoms with Crippen LogP contribution in [0.25, 0.3) is 0 Å². The van der Waals surface area contributed by atoms with Crippen LogP contribution in [-0.2, 0) is 14.8 Å². The van der Waals surface area contributed by atoms with Crippen LogP contribution in [0.15, 0.2) is 52.0 Å². The van der Waals surface area contributed by atoms with E-state index >= 15 is 0 Å². The van der Waals surface area contributed by atoms with Gasteiger partial charge in [-0.25, -0.2) is 13.4 Å². The summed E-state index contributed by atoms with van der Waals surface area (Å²) in [7, 11) is -3.45. The van der Waals surface area contributed by atoms with Crippen molar-refractivity contribution >= 4 is 31.8 Å². The van der Waals surface area contributed by atoms with Gasteiger partial charge in [-0.05, 0) is 36.6 Å². The van der Waals surface area contributed by atoms with Crippen molar-refractivity contribution in [2.24, 2.45) is 0 Å². The molecule has 1 aromatic carbocycles. The number of morpholine rings is 1. The smallest absolute Gasteiger partial charge is 0.244 e. The monoisotopic (exact) mass is 465 g/mol. The van der Waals surface area contributed by atoms with Crippen LogP contribution in [0.5, 0.6) is 0 Å². The maximum absolute atomic E-state index is 12.8. The summed E-state index contributed by atoms with van der Waals surface area (Å²) in [5, 5.41) is 0. The molecule has 150 valence electrons. The molecule has 2 aliphatic heterocycles. The SMILES string of the molecule is O=S(=O)(c1ccc(N2CCOC(c3ccccc3Br)C2)nc1)N1CCCCC1. The second-order valence-corrected chi connectivity index (χ2v) is 9.94. The molecule has 1 aromatic heterocycles. The van der Waals surface area contributed by atoms with E-state index in [2.05, 4.69) is 31.9 Å². The molecule has 0 spiro atoms. The van der Waals surface area contributed by atoms with E-state index in [0.29, 0.717) is 26.2 Å². The Bertz CT molecular complexity index is 915. The van der Waals surface area contributed by atoms with E-state index < -0.39 is 10.0 Å². The van der Waals surface area contributed by atoms with E-state index in [-0.39, 0.29) is 11.0 Å². The maximum atomic E-state index is 12.8. The Hall–Kier alpha value is -1.48. The summed E-state index contributed by atoms with van der Waals surface area (Å²) in [4.78, 5) is 6.88. The minimum absolute atomic E-state index is 0.0529. The number of ether oxygens (including phenoxy) is 1. The third-order valence-electron chi connectivity index (χ3n) is 5.32. The van der Waals surface area contributed by atoms with E-state index in [9.17, 15) is 8.42 Å². The number of sulfonamides is 1. The van der Waals surface area contributed by atoms with Crippen molar-refractivity contribution in [2.75, 3.05) is 37.7 Å². The van der Waals surface area contributed by atoms with Gasteiger partial charge >= 0.3 is 0 Å². The summed E-state index contributed by atoms with van der Waals surface area (Å²) >= 11 is 3.59. The predicted octanol–water partition coefficient (Wildman–Crippen LogP) is 3.60. The Kier molecular flexibility index (Phi) is 6.01. The van der Waals surface area contributed by atoms with Gasteiger partial charge in [0.1, 0.15) is 16.8 Å². The molecule has 8 heteroatoms. The van der Waals surface area contributed by atoms with Gasteiger partial charge < -0.3 is 9.64 Å². The van der Waals surface area contributed by atoms with Crippen LogP contribution in [0, 0.1) is 0 Å². The van der Waals surface area contributed by atoms with Gasteiger partial charge in [-0.15, -0.1) is 0 Å². The zero-order valence-electron chi connectivity index (χ0n) is 15.6. The van der Waals surface area contributed by atoms with Gasteiger partial charge in [0, 0.05) is 36.8 Å². The van der Waals surface area contributed by atoms with Crippen LogP contribution < -0.4 is 4.90 Å². The molecule has 0 N–H and O–H groups in total. The van der Waals surface area contributed by atoms with Gasteiger partial charge in [0.15, 0.2) is 0 Å². The van der Waals surface area contributed by atoms with E-state index in [1.165, 1.54) is 6.20 Å². The summed E-state index contributed by atoms with van der Waals surface area (Å²) in [5.41, 5.74) is 1.11. The lowest BCUT2D eigenvalue weighted by atomic mass is 10.1. The Morgan fingerprint density at radius 2 is 1.82 bits per heavy atom. The molecule has 0 aliphatic carbocycles. The number of hydrogen-bond donors (Lipinski definition) is 0. The number of rotatable bonds is 4. The van der Waals surface area contributed by atoms with E-state index in [4.69, 9.17) is 4.74 Å². The molecule has 4 rings (SSSR count). The molecule has 0 radical (unpaired) electrons. The van der Waals surface area contributed by atoms with E-state index in [1.54, 1.807) is 16.4 Å². The molecule has 0 bridgehead atoms. The molecule has 2 aromatic rings. The van der Waals surface area contributed by atoms with Crippen molar-refractivity contribution in [1.29, 1.82) is 0 Å². The second kappa shape index (κ2) is 8.49. The fourth-order valence-electron chi connectivity index (χ4n) is 3.75. The number of piperidine rings is 1. The number of benzene rings is 1. The second-order valence-electron chi connectivity index (χ2n) is 7.14. The minimum atomic E-state index is -3.45. The summed E-state index contributed by atoms with van der Waals surface area (Å²) in [6, 6.07) is 11.5. The van der Waals surface area contributed by atoms with Crippen molar-refractivity contribution in [1.82, 2.24) is 9.29 Å². The van der Waals surface area contributed by atoms with Crippen molar-refractivity contribution in [3.63, 3.8) is 0 Å². The van der Waals surface area contributed by atoms with Crippen molar-refractivity contribution < 1.29 is 13.2 Å². The number of hydrogen-bond acceptors (Lipinski definition) is 5. The summed E-state index contributed by atoms with van der Waals surface area (Å²) in [6.45, 7) is 3.20. The molecule has 1 unspecified atom stereocenters. The number of aromatic nitrogens is 1. The zero-order chi connectivity index (χ0) is 19.6. The molecule has 6 nitrogen and oxygen atoms in total. The molecule has 3 heterocycles. The highest BCUT2D eigenvalue weighted by molar-refractivity contribution is 9.10. The van der Waals surface area contributed by atoms with Gasteiger partial charge in [-0.3, -0.25) is 0 Å². The Balaban J connectivity index is 1.50. The summed E-state index contributed by atoms with van der Waals surface area (Å²) in [6.07, 6.45) is 4.38. The molecular formula is C20H24BrN3O3S. The minimum Gasteiger partial charge on any atom is -0.370 e. The number of halogens is 1. The third-order valence-corrected chi connectivity index (χ3v) is 7.92. The average Bonchev–Trinajstić information content (AvgIpc) is 2.75. The first-order valence-electron chi connectivity index (χ1n) is 9.63. The Labute approximate surface area is 174 Å². The first-order valence-corrected chi connectivity index (χ1v) is 11.9. The normalized spacial score (nSPS) is 21.6. The van der Waals surface area contributed by atoms with Gasteiger partial charge in [0.05, 0.1) is 6.61 Å². The van der Waals surface area contributed by atoms with Gasteiger partial charge in [-0.2, -0.15) is 4.31 Å². The van der Waals surface area contributed by atoms with Crippen molar-refractivity contribution in [3.8, 4) is 0 Å². The van der Waals surface area contributed by atoms with Crippen LogP contribution in [-0.4, -0.2) is 50.5 Å². The summed E-state index contributed by atoms with van der Waals surface area (Å²) < 4.78 is 34.1. The lowest BCUT2D eigenvalue weighted by Gasteiger charge is -2.34. The lowest BCUT2D eigenvalue weighted by Crippen LogP contribution is -2.39. The molecule has 2 saturated heterocycles. The molecule has 1 atom stereocenters. The number of pyridine rings is 1. The van der Waals surface area contributed by atoms with Crippen LogP contribution in [0.4, 0.5) is 5.82 Å². The Morgan fingerprint density at radius 1 is 1.04 bits per heavy atom. The highest BCUT2D eigenvalue weighted by Crippen LogP contribution is 2.30. The largest absolute Gasteiger partial charge is 0.370 e. The molecular weight excluding hydrogens is 442 g/mol. The molecule has 2 fully saturated rings. The van der Waals surface area contributed by atoms with Gasteiger partial charge in [-0.1, -0.05) is 40.5 Å². The van der Waals surface area contributed by atoms with Gasteiger partial charge in [0.2, 0.25) is 10.0 Å². The van der Waals surface area contributed by atoms with Crippen molar-refractivity contribution in [2.45, 2.75) is 30.3 Å².